The van der Waals surface area contributed by atoms with Crippen molar-refractivity contribution in [3.8, 4) is 17.3 Å². The lowest BCUT2D eigenvalue weighted by Gasteiger charge is -2.02. The number of aromatic nitrogens is 1. The number of esters is 1. The molecule has 0 N–H and O–H groups in total. The molecule has 0 saturated carbocycles. The molecular formula is C13H10N2O3. The van der Waals surface area contributed by atoms with E-state index in [9.17, 15) is 4.79 Å². The fourth-order valence-electron chi connectivity index (χ4n) is 1.45. The Labute approximate surface area is 104 Å². The van der Waals surface area contributed by atoms with E-state index in [1.165, 1.54) is 6.26 Å². The van der Waals surface area contributed by atoms with E-state index < -0.39 is 0 Å². The Bertz CT molecular complexity index is 593. The van der Waals surface area contributed by atoms with Crippen molar-refractivity contribution in [1.29, 1.82) is 5.26 Å². The normalized spacial score (nSPS) is 9.78. The third kappa shape index (κ3) is 2.38. The Kier molecular flexibility index (Phi) is 3.39. The van der Waals surface area contributed by atoms with Gasteiger partial charge in [0.05, 0.1) is 12.2 Å². The Hall–Kier alpha value is -2.61. The lowest BCUT2D eigenvalue weighted by Crippen LogP contribution is -2.03. The molecule has 2 aromatic rings. The van der Waals surface area contributed by atoms with Crippen molar-refractivity contribution < 1.29 is 13.9 Å². The van der Waals surface area contributed by atoms with Crippen molar-refractivity contribution in [1.82, 2.24) is 4.98 Å². The minimum absolute atomic E-state index is 0.0134. The lowest BCUT2D eigenvalue weighted by atomic mass is 10.1. The van der Waals surface area contributed by atoms with Crippen LogP contribution in [-0.2, 0) is 4.74 Å². The molecule has 0 fully saturated rings. The second-order valence-corrected chi connectivity index (χ2v) is 3.45. The fraction of sp³-hybridized carbons (Fsp3) is 0.154. The summed E-state index contributed by atoms with van der Waals surface area (Å²) in [5.41, 5.74) is 1.81. The van der Waals surface area contributed by atoms with Crippen LogP contribution in [0.3, 0.4) is 0 Å². The number of ether oxygens (including phenoxy) is 1. The molecule has 0 spiro atoms. The number of rotatable bonds is 3. The highest BCUT2D eigenvalue weighted by Crippen LogP contribution is 2.19. The third-order valence-corrected chi connectivity index (χ3v) is 2.29. The number of nitriles is 1. The monoisotopic (exact) mass is 242 g/mol. The molecule has 5 nitrogen and oxygen atoms in total. The smallest absolute Gasteiger partial charge is 0.338 e. The quantitative estimate of drug-likeness (QED) is 0.772. The van der Waals surface area contributed by atoms with Gasteiger partial charge >= 0.3 is 11.9 Å². The third-order valence-electron chi connectivity index (χ3n) is 2.29. The molecule has 2 rings (SSSR count). The van der Waals surface area contributed by atoms with Gasteiger partial charge in [-0.05, 0) is 19.1 Å². The summed E-state index contributed by atoms with van der Waals surface area (Å²) < 4.78 is 9.80. The molecule has 0 bridgehead atoms. The largest absolute Gasteiger partial charge is 0.462 e. The van der Waals surface area contributed by atoms with E-state index in [2.05, 4.69) is 4.98 Å². The summed E-state index contributed by atoms with van der Waals surface area (Å²) in [7, 11) is 0. The average Bonchev–Trinajstić information content (AvgIpc) is 2.88. The number of oxazole rings is 1. The summed E-state index contributed by atoms with van der Waals surface area (Å²) in [6, 6.07) is 8.56. The summed E-state index contributed by atoms with van der Waals surface area (Å²) in [5, 5.41) is 8.61. The van der Waals surface area contributed by atoms with Crippen LogP contribution >= 0.6 is 0 Å². The van der Waals surface area contributed by atoms with Gasteiger partial charge in [0.2, 0.25) is 0 Å². The molecule has 0 radical (unpaired) electrons. The van der Waals surface area contributed by atoms with Gasteiger partial charge in [-0.15, -0.1) is 0 Å². The van der Waals surface area contributed by atoms with E-state index in [0.29, 0.717) is 17.9 Å². The van der Waals surface area contributed by atoms with Crippen molar-refractivity contribution in [2.45, 2.75) is 6.92 Å². The van der Waals surface area contributed by atoms with Crippen molar-refractivity contribution in [3.63, 3.8) is 0 Å². The molecule has 0 amide bonds. The van der Waals surface area contributed by atoms with Crippen molar-refractivity contribution in [3.05, 3.63) is 42.0 Å². The Morgan fingerprint density at radius 3 is 2.72 bits per heavy atom. The van der Waals surface area contributed by atoms with E-state index >= 15 is 0 Å². The van der Waals surface area contributed by atoms with Gasteiger partial charge in [0, 0.05) is 5.56 Å². The summed E-state index contributed by atoms with van der Waals surface area (Å²) >= 11 is 0. The predicted molar refractivity (Wildman–Crippen MR) is 62.6 cm³/mol. The van der Waals surface area contributed by atoms with Crippen LogP contribution in [0.2, 0.25) is 0 Å². The first-order chi connectivity index (χ1) is 8.74. The zero-order valence-corrected chi connectivity index (χ0v) is 9.71. The summed E-state index contributed by atoms with van der Waals surface area (Å²) in [6.45, 7) is 2.10. The first-order valence-electron chi connectivity index (χ1n) is 5.37. The van der Waals surface area contributed by atoms with E-state index in [1.54, 1.807) is 31.2 Å². The van der Waals surface area contributed by atoms with E-state index in [-0.39, 0.29) is 11.9 Å². The molecule has 90 valence electrons. The van der Waals surface area contributed by atoms with Crippen molar-refractivity contribution >= 4 is 5.97 Å². The highest BCUT2D eigenvalue weighted by Gasteiger charge is 2.08. The topological polar surface area (TPSA) is 76.1 Å². The summed E-state index contributed by atoms with van der Waals surface area (Å²) in [5.74, 6) is -0.346. The zero-order valence-electron chi connectivity index (χ0n) is 9.71. The number of hydrogen-bond donors (Lipinski definition) is 0. The number of hydrogen-bond acceptors (Lipinski definition) is 5. The van der Waals surface area contributed by atoms with Crippen LogP contribution in [0.15, 0.2) is 34.9 Å². The molecule has 5 heteroatoms. The molecular weight excluding hydrogens is 232 g/mol. The predicted octanol–water partition coefficient (Wildman–Crippen LogP) is 2.39. The highest BCUT2D eigenvalue weighted by atomic mass is 16.5. The van der Waals surface area contributed by atoms with Gasteiger partial charge in [-0.1, -0.05) is 12.1 Å². The Morgan fingerprint density at radius 2 is 2.17 bits per heavy atom. The van der Waals surface area contributed by atoms with Crippen LogP contribution in [0.1, 0.15) is 23.2 Å². The summed E-state index contributed by atoms with van der Waals surface area (Å²) in [4.78, 5) is 15.4. The van der Waals surface area contributed by atoms with Crippen LogP contribution in [-0.4, -0.2) is 17.6 Å². The standard InChI is InChI=1S/C13H10N2O3/c1-2-17-13(16)10-5-3-9(4-6-10)11-8-18-12(7-14)15-11/h3-6,8H,2H2,1H3. The van der Waals surface area contributed by atoms with Gasteiger partial charge in [-0.3, -0.25) is 0 Å². The van der Waals surface area contributed by atoms with Gasteiger partial charge in [0.15, 0.2) is 6.07 Å². The molecule has 0 aliphatic rings. The maximum absolute atomic E-state index is 11.4. The average molecular weight is 242 g/mol. The summed E-state index contributed by atoms with van der Waals surface area (Å²) in [6.07, 6.45) is 1.40. The number of benzene rings is 1. The first-order valence-corrected chi connectivity index (χ1v) is 5.37. The van der Waals surface area contributed by atoms with Crippen LogP contribution in [0.5, 0.6) is 0 Å². The first kappa shape index (κ1) is 11.9. The minimum atomic E-state index is -0.359. The van der Waals surface area contributed by atoms with Crippen LogP contribution in [0.25, 0.3) is 11.3 Å². The fourth-order valence-corrected chi connectivity index (χ4v) is 1.45. The molecule has 0 aliphatic heterocycles. The van der Waals surface area contributed by atoms with Crippen molar-refractivity contribution in [2.24, 2.45) is 0 Å². The Morgan fingerprint density at radius 1 is 1.44 bits per heavy atom. The molecule has 0 saturated heterocycles. The molecule has 1 aromatic carbocycles. The van der Waals surface area contributed by atoms with Gasteiger partial charge in [-0.2, -0.15) is 10.2 Å². The lowest BCUT2D eigenvalue weighted by molar-refractivity contribution is 0.0526. The number of carbonyl (C=O) groups is 1. The minimum Gasteiger partial charge on any atom is -0.462 e. The molecule has 1 heterocycles. The Balaban J connectivity index is 2.22. The van der Waals surface area contributed by atoms with Gasteiger partial charge in [0.25, 0.3) is 0 Å². The number of nitrogens with zero attached hydrogens (tertiary/aromatic N) is 2. The van der Waals surface area contributed by atoms with E-state index in [1.807, 2.05) is 6.07 Å². The second kappa shape index (κ2) is 5.15. The SMILES string of the molecule is CCOC(=O)c1ccc(-c2coc(C#N)n2)cc1. The zero-order chi connectivity index (χ0) is 13.0. The molecule has 0 unspecified atom stereocenters. The van der Waals surface area contributed by atoms with Crippen LogP contribution in [0, 0.1) is 11.3 Å². The van der Waals surface area contributed by atoms with E-state index in [0.717, 1.165) is 5.56 Å². The molecule has 1 aromatic heterocycles. The maximum Gasteiger partial charge on any atom is 0.338 e. The van der Waals surface area contributed by atoms with Gasteiger partial charge in [-0.25, -0.2) is 4.79 Å². The van der Waals surface area contributed by atoms with Crippen LogP contribution < -0.4 is 0 Å². The second-order valence-electron chi connectivity index (χ2n) is 3.45. The molecule has 18 heavy (non-hydrogen) atoms. The van der Waals surface area contributed by atoms with Gasteiger partial charge < -0.3 is 9.15 Å². The maximum atomic E-state index is 11.4. The molecule has 0 atom stereocenters. The van der Waals surface area contributed by atoms with E-state index in [4.69, 9.17) is 14.4 Å². The van der Waals surface area contributed by atoms with Gasteiger partial charge in [0.1, 0.15) is 12.0 Å². The number of carbonyl (C=O) groups excluding carboxylic acids is 1. The van der Waals surface area contributed by atoms with Crippen molar-refractivity contribution in [2.75, 3.05) is 6.61 Å². The highest BCUT2D eigenvalue weighted by molar-refractivity contribution is 5.89. The molecule has 0 aliphatic carbocycles. The van der Waals surface area contributed by atoms with Crippen LogP contribution in [0.4, 0.5) is 0 Å².